The van der Waals surface area contributed by atoms with Crippen LogP contribution in [0.3, 0.4) is 0 Å². The number of aliphatic hydroxyl groups is 2. The van der Waals surface area contributed by atoms with Crippen LogP contribution in [0, 0.1) is 39.9 Å². The standard InChI is InChI=1S/C42H54O7/c1-25-31-19-22-41(4)38(40(31,3)21-20-33(25)44)34(45)23-32-36(35(49-26(2)43)24-42(32,41)5)30(39(47)48)14-10-9-11-27-15-17-29(18-16-27)37(46)28-12-7-6-8-13-28/h6-8,12-13,15-18,25,31-35,38,44-45H,9-11,14,19-24H2,1-5H3,(H,47,48)/b36-30-/t25-,31-,32-,33+,34+,35-,38-,40-,41-,42-/m0/s1. The second kappa shape index (κ2) is 13.4. The number of hydrogen-bond acceptors (Lipinski definition) is 6. The van der Waals surface area contributed by atoms with Crippen molar-refractivity contribution < 1.29 is 34.4 Å². The maximum atomic E-state index is 13.0. The van der Waals surface area contributed by atoms with Crippen LogP contribution in [0.25, 0.3) is 0 Å². The zero-order valence-electron chi connectivity index (χ0n) is 29.8. The minimum absolute atomic E-state index is 0.00920. The lowest BCUT2D eigenvalue weighted by Gasteiger charge is -2.69. The number of ether oxygens (including phenoxy) is 1. The monoisotopic (exact) mass is 670 g/mol. The Labute approximate surface area is 291 Å². The van der Waals surface area contributed by atoms with E-state index in [1.54, 1.807) is 0 Å². The lowest BCUT2D eigenvalue weighted by Crippen LogP contribution is -2.65. The van der Waals surface area contributed by atoms with E-state index in [0.717, 1.165) is 44.1 Å². The van der Waals surface area contributed by atoms with Crippen molar-refractivity contribution in [3.8, 4) is 0 Å². The molecule has 2 aromatic rings. The van der Waals surface area contributed by atoms with Gasteiger partial charge in [0.25, 0.3) is 0 Å². The molecule has 2 aromatic carbocycles. The van der Waals surface area contributed by atoms with E-state index in [4.69, 9.17) is 4.74 Å². The summed E-state index contributed by atoms with van der Waals surface area (Å²) in [5.74, 6) is -1.12. The molecule has 3 N–H and O–H groups in total. The number of fused-ring (bicyclic) bond motifs is 5. The van der Waals surface area contributed by atoms with Crippen LogP contribution in [-0.2, 0) is 20.7 Å². The molecule has 0 heterocycles. The second-order valence-corrected chi connectivity index (χ2v) is 16.4. The van der Waals surface area contributed by atoms with E-state index in [0.29, 0.717) is 53.9 Å². The number of carboxylic acids is 1. The number of unbranched alkanes of at least 4 members (excludes halogenated alkanes) is 1. The third-order valence-electron chi connectivity index (χ3n) is 14.0. The van der Waals surface area contributed by atoms with Crippen molar-refractivity contribution in [1.82, 2.24) is 0 Å². The van der Waals surface area contributed by atoms with Gasteiger partial charge in [0.15, 0.2) is 5.78 Å². The number of esters is 1. The Bertz CT molecular complexity index is 1600. The van der Waals surface area contributed by atoms with Crippen LogP contribution in [0.4, 0.5) is 0 Å². The van der Waals surface area contributed by atoms with E-state index in [1.165, 1.54) is 6.92 Å². The van der Waals surface area contributed by atoms with E-state index >= 15 is 0 Å². The minimum atomic E-state index is -0.979. The maximum Gasteiger partial charge on any atom is 0.331 e. The third kappa shape index (κ3) is 6.09. The van der Waals surface area contributed by atoms with Gasteiger partial charge in [0.05, 0.1) is 12.2 Å². The predicted octanol–water partition coefficient (Wildman–Crippen LogP) is 7.56. The summed E-state index contributed by atoms with van der Waals surface area (Å²) < 4.78 is 5.97. The molecule has 0 radical (unpaired) electrons. The van der Waals surface area contributed by atoms with Crippen LogP contribution in [0.2, 0.25) is 0 Å². The molecular weight excluding hydrogens is 616 g/mol. The normalized spacial score (nSPS) is 37.7. The number of aliphatic carboxylic acids is 1. The summed E-state index contributed by atoms with van der Waals surface area (Å²) in [6, 6.07) is 16.8. The summed E-state index contributed by atoms with van der Waals surface area (Å²) in [6.45, 7) is 10.4. The average Bonchev–Trinajstić information content (AvgIpc) is 3.34. The fourth-order valence-electron chi connectivity index (χ4n) is 11.5. The van der Waals surface area contributed by atoms with Gasteiger partial charge < -0.3 is 20.1 Å². The van der Waals surface area contributed by atoms with Gasteiger partial charge in [-0.25, -0.2) is 4.79 Å². The van der Waals surface area contributed by atoms with Gasteiger partial charge in [0.2, 0.25) is 0 Å². The molecule has 0 bridgehead atoms. The van der Waals surface area contributed by atoms with Gasteiger partial charge in [-0.2, -0.15) is 0 Å². The SMILES string of the molecule is CC(=O)O[C@H]1C[C@@]2(C)[C@@H](C[C@@H](O)[C@H]3[C@@]4(C)CC[C@@H](O)[C@@H](C)[C@@H]4CC[C@@]32C)/C1=C(\CCCCc1ccc(C(=O)c2ccccc2)cc1)C(=O)O. The third-order valence-corrected chi connectivity index (χ3v) is 14.0. The summed E-state index contributed by atoms with van der Waals surface area (Å²) in [4.78, 5) is 38.3. The number of aliphatic hydroxyl groups excluding tert-OH is 2. The Morgan fingerprint density at radius 1 is 0.857 bits per heavy atom. The number of ketones is 1. The van der Waals surface area contributed by atoms with E-state index in [-0.39, 0.29) is 45.9 Å². The first-order chi connectivity index (χ1) is 23.2. The first kappa shape index (κ1) is 35.5. The maximum absolute atomic E-state index is 13.0. The van der Waals surface area contributed by atoms with Gasteiger partial charge >= 0.3 is 11.9 Å². The molecule has 6 rings (SSSR count). The largest absolute Gasteiger partial charge is 0.478 e. The van der Waals surface area contributed by atoms with Gasteiger partial charge in [-0.1, -0.05) is 82.3 Å². The topological polar surface area (TPSA) is 121 Å². The van der Waals surface area contributed by atoms with Crippen LogP contribution < -0.4 is 0 Å². The molecule has 7 nitrogen and oxygen atoms in total. The Morgan fingerprint density at radius 2 is 1.53 bits per heavy atom. The highest BCUT2D eigenvalue weighted by atomic mass is 16.5. The van der Waals surface area contributed by atoms with Crippen molar-refractivity contribution >= 4 is 17.7 Å². The molecule has 0 unspecified atom stereocenters. The Balaban J connectivity index is 1.23. The van der Waals surface area contributed by atoms with Gasteiger partial charge in [-0.3, -0.25) is 9.59 Å². The van der Waals surface area contributed by atoms with Crippen molar-refractivity contribution in [3.63, 3.8) is 0 Å². The first-order valence-corrected chi connectivity index (χ1v) is 18.4. The molecule has 0 aliphatic heterocycles. The van der Waals surface area contributed by atoms with Gasteiger partial charge in [-0.15, -0.1) is 0 Å². The van der Waals surface area contributed by atoms with Crippen LogP contribution >= 0.6 is 0 Å². The molecule has 0 spiro atoms. The van der Waals surface area contributed by atoms with Crippen LogP contribution in [0.15, 0.2) is 65.7 Å². The Hall–Kier alpha value is -3.29. The highest BCUT2D eigenvalue weighted by Gasteiger charge is 2.70. The average molecular weight is 671 g/mol. The van der Waals surface area contributed by atoms with Gasteiger partial charge in [-0.05, 0) is 115 Å². The summed E-state index contributed by atoms with van der Waals surface area (Å²) in [5, 5.41) is 33.5. The molecule has 0 aromatic heterocycles. The first-order valence-electron chi connectivity index (χ1n) is 18.4. The van der Waals surface area contributed by atoms with Gasteiger partial charge in [0.1, 0.15) is 6.10 Å². The summed E-state index contributed by atoms with van der Waals surface area (Å²) in [5.41, 5.74) is 2.62. The highest BCUT2D eigenvalue weighted by Crippen LogP contribution is 2.74. The molecule has 4 fully saturated rings. The summed E-state index contributed by atoms with van der Waals surface area (Å²) in [6.07, 6.45) is 5.40. The zero-order chi connectivity index (χ0) is 35.3. The molecule has 0 amide bonds. The summed E-state index contributed by atoms with van der Waals surface area (Å²) in [7, 11) is 0. The van der Waals surface area contributed by atoms with Crippen LogP contribution in [0.1, 0.15) is 114 Å². The number of aryl methyl sites for hydroxylation is 1. The number of carboxylic acid groups (broad SMARTS) is 1. The molecule has 4 aliphatic carbocycles. The molecule has 49 heavy (non-hydrogen) atoms. The fraction of sp³-hybridized carbons (Fsp3) is 0.595. The molecule has 0 saturated heterocycles. The quantitative estimate of drug-likeness (QED) is 0.109. The van der Waals surface area contributed by atoms with Crippen molar-refractivity contribution in [1.29, 1.82) is 0 Å². The number of hydrogen-bond donors (Lipinski definition) is 3. The number of rotatable bonds is 9. The van der Waals surface area contributed by atoms with Gasteiger partial charge in [0, 0.05) is 23.6 Å². The predicted molar refractivity (Wildman–Crippen MR) is 188 cm³/mol. The molecule has 7 heteroatoms. The second-order valence-electron chi connectivity index (χ2n) is 16.4. The molecular formula is C42H54O7. The Kier molecular flexibility index (Phi) is 9.75. The highest BCUT2D eigenvalue weighted by molar-refractivity contribution is 6.08. The van der Waals surface area contributed by atoms with Crippen molar-refractivity contribution in [2.24, 2.45) is 39.9 Å². The molecule has 10 atom stereocenters. The summed E-state index contributed by atoms with van der Waals surface area (Å²) >= 11 is 0. The van der Waals surface area contributed by atoms with Crippen LogP contribution in [-0.4, -0.2) is 51.4 Å². The van der Waals surface area contributed by atoms with Crippen molar-refractivity contribution in [2.75, 3.05) is 0 Å². The van der Waals surface area contributed by atoms with E-state index < -0.39 is 24.1 Å². The van der Waals surface area contributed by atoms with E-state index in [1.807, 2.05) is 54.6 Å². The van der Waals surface area contributed by atoms with Crippen LogP contribution in [0.5, 0.6) is 0 Å². The number of carbonyl (C=O) groups excluding carboxylic acids is 2. The van der Waals surface area contributed by atoms with E-state index in [2.05, 4.69) is 27.7 Å². The zero-order valence-corrected chi connectivity index (χ0v) is 29.8. The van der Waals surface area contributed by atoms with Crippen molar-refractivity contribution in [2.45, 2.75) is 117 Å². The van der Waals surface area contributed by atoms with E-state index in [9.17, 15) is 29.7 Å². The Morgan fingerprint density at radius 3 is 2.18 bits per heavy atom. The number of benzene rings is 2. The lowest BCUT2D eigenvalue weighted by molar-refractivity contribution is -0.234. The molecule has 264 valence electrons. The van der Waals surface area contributed by atoms with Crippen molar-refractivity contribution in [3.05, 3.63) is 82.4 Å². The fourth-order valence-corrected chi connectivity index (χ4v) is 11.5. The lowest BCUT2D eigenvalue weighted by atomic mass is 9.36. The minimum Gasteiger partial charge on any atom is -0.478 e. The molecule has 4 aliphatic rings. The molecule has 4 saturated carbocycles. The smallest absolute Gasteiger partial charge is 0.331 e. The number of carbonyl (C=O) groups is 3.